The molecule has 0 aliphatic carbocycles. The molecular weight excluding hydrogens is 282 g/mol. The zero-order chi connectivity index (χ0) is 14.8. The van der Waals surface area contributed by atoms with E-state index in [9.17, 15) is 4.79 Å². The molecule has 0 radical (unpaired) electrons. The van der Waals surface area contributed by atoms with Crippen LogP contribution in [0, 0.1) is 0 Å². The Bertz CT molecular complexity index is 626. The first kappa shape index (κ1) is 14.2. The molecule has 0 spiro atoms. The Labute approximate surface area is 129 Å². The van der Waals surface area contributed by atoms with Crippen molar-refractivity contribution in [1.29, 1.82) is 0 Å². The summed E-state index contributed by atoms with van der Waals surface area (Å²) in [6.07, 6.45) is 0.921. The molecule has 1 aliphatic rings. The van der Waals surface area contributed by atoms with E-state index in [0.29, 0.717) is 10.9 Å². The van der Waals surface area contributed by atoms with Gasteiger partial charge in [0, 0.05) is 31.2 Å². The standard InChI is InChI=1S/C16H19N3OS/c1-12-10-18(2)8-9-19(12)16-17-15(14(11-20)21-16)13-6-4-3-5-7-13/h3-7,11-12H,8-10H2,1-2H3. The van der Waals surface area contributed by atoms with Gasteiger partial charge in [-0.15, -0.1) is 0 Å². The van der Waals surface area contributed by atoms with Gasteiger partial charge >= 0.3 is 0 Å². The second-order valence-electron chi connectivity index (χ2n) is 5.50. The first-order valence-corrected chi connectivity index (χ1v) is 7.97. The number of carbonyl (C=O) groups excluding carboxylic acids is 1. The minimum absolute atomic E-state index is 0.415. The minimum atomic E-state index is 0.415. The molecule has 3 rings (SSSR count). The molecule has 4 nitrogen and oxygen atoms in total. The third-order valence-electron chi connectivity index (χ3n) is 3.87. The van der Waals surface area contributed by atoms with Crippen LogP contribution in [0.15, 0.2) is 30.3 Å². The number of rotatable bonds is 3. The summed E-state index contributed by atoms with van der Waals surface area (Å²) in [5.74, 6) is 0. The second kappa shape index (κ2) is 5.95. The molecule has 1 saturated heterocycles. The molecule has 0 bridgehead atoms. The van der Waals surface area contributed by atoms with E-state index in [1.54, 1.807) is 0 Å². The van der Waals surface area contributed by atoms with Crippen molar-refractivity contribution in [2.75, 3.05) is 31.6 Å². The normalized spacial score (nSPS) is 19.7. The molecule has 1 atom stereocenters. The summed E-state index contributed by atoms with van der Waals surface area (Å²) in [5, 5.41) is 0.955. The van der Waals surface area contributed by atoms with Gasteiger partial charge in [-0.25, -0.2) is 4.98 Å². The lowest BCUT2D eigenvalue weighted by molar-refractivity contribution is 0.112. The molecule has 1 aliphatic heterocycles. The Morgan fingerprint density at radius 2 is 2.05 bits per heavy atom. The highest BCUT2D eigenvalue weighted by Gasteiger charge is 2.25. The predicted octanol–water partition coefficient (Wildman–Crippen LogP) is 2.76. The first-order valence-electron chi connectivity index (χ1n) is 7.15. The Hall–Kier alpha value is -1.72. The second-order valence-corrected chi connectivity index (χ2v) is 6.51. The Balaban J connectivity index is 1.95. The van der Waals surface area contributed by atoms with E-state index in [4.69, 9.17) is 4.98 Å². The van der Waals surface area contributed by atoms with Crippen LogP contribution in [-0.4, -0.2) is 48.9 Å². The van der Waals surface area contributed by atoms with Crippen LogP contribution in [0.5, 0.6) is 0 Å². The fourth-order valence-corrected chi connectivity index (χ4v) is 3.78. The number of hydrogen-bond donors (Lipinski definition) is 0. The van der Waals surface area contributed by atoms with Gasteiger partial charge in [0.05, 0.1) is 10.6 Å². The Kier molecular flexibility index (Phi) is 4.03. The number of aromatic nitrogens is 1. The summed E-state index contributed by atoms with van der Waals surface area (Å²) in [6.45, 7) is 5.22. The molecule has 21 heavy (non-hydrogen) atoms. The van der Waals surface area contributed by atoms with Gasteiger partial charge in [0.15, 0.2) is 11.4 Å². The first-order chi connectivity index (χ1) is 10.2. The van der Waals surface area contributed by atoms with Crippen LogP contribution in [0.4, 0.5) is 5.13 Å². The molecule has 0 N–H and O–H groups in total. The van der Waals surface area contributed by atoms with Crippen LogP contribution in [0.3, 0.4) is 0 Å². The topological polar surface area (TPSA) is 36.4 Å². The maximum Gasteiger partial charge on any atom is 0.186 e. The summed E-state index contributed by atoms with van der Waals surface area (Å²) >= 11 is 1.49. The lowest BCUT2D eigenvalue weighted by Crippen LogP contribution is -2.50. The van der Waals surface area contributed by atoms with Crippen molar-refractivity contribution in [3.63, 3.8) is 0 Å². The SMILES string of the molecule is CC1CN(C)CCN1c1nc(-c2ccccc2)c(C=O)s1. The van der Waals surface area contributed by atoms with Gasteiger partial charge in [-0.3, -0.25) is 4.79 Å². The smallest absolute Gasteiger partial charge is 0.186 e. The fourth-order valence-electron chi connectivity index (χ4n) is 2.75. The van der Waals surface area contributed by atoms with E-state index in [0.717, 1.165) is 42.3 Å². The lowest BCUT2D eigenvalue weighted by atomic mass is 10.1. The monoisotopic (exact) mass is 301 g/mol. The lowest BCUT2D eigenvalue weighted by Gasteiger charge is -2.38. The van der Waals surface area contributed by atoms with Gasteiger partial charge in [-0.1, -0.05) is 41.7 Å². The molecule has 0 saturated carbocycles. The van der Waals surface area contributed by atoms with Crippen molar-refractivity contribution in [2.24, 2.45) is 0 Å². The van der Waals surface area contributed by atoms with E-state index in [1.165, 1.54) is 11.3 Å². The van der Waals surface area contributed by atoms with E-state index in [1.807, 2.05) is 30.3 Å². The zero-order valence-corrected chi connectivity index (χ0v) is 13.1. The maximum atomic E-state index is 11.4. The molecule has 0 amide bonds. The Morgan fingerprint density at radius 1 is 1.29 bits per heavy atom. The zero-order valence-electron chi connectivity index (χ0n) is 12.3. The highest BCUT2D eigenvalue weighted by molar-refractivity contribution is 7.17. The minimum Gasteiger partial charge on any atom is -0.343 e. The fraction of sp³-hybridized carbons (Fsp3) is 0.375. The molecule has 1 aromatic heterocycles. The van der Waals surface area contributed by atoms with Gasteiger partial charge in [-0.2, -0.15) is 0 Å². The molecule has 2 heterocycles. The van der Waals surface area contributed by atoms with Gasteiger partial charge in [-0.05, 0) is 14.0 Å². The van der Waals surface area contributed by atoms with Crippen LogP contribution in [0.1, 0.15) is 16.6 Å². The van der Waals surface area contributed by atoms with Crippen LogP contribution in [-0.2, 0) is 0 Å². The van der Waals surface area contributed by atoms with Crippen LogP contribution >= 0.6 is 11.3 Å². The van der Waals surface area contributed by atoms with E-state index >= 15 is 0 Å². The summed E-state index contributed by atoms with van der Waals surface area (Å²) in [6, 6.07) is 10.3. The third-order valence-corrected chi connectivity index (χ3v) is 4.89. The van der Waals surface area contributed by atoms with Crippen molar-refractivity contribution in [1.82, 2.24) is 9.88 Å². The summed E-state index contributed by atoms with van der Waals surface area (Å²) in [4.78, 5) is 21.5. The number of piperazine rings is 1. The predicted molar refractivity (Wildman–Crippen MR) is 87.2 cm³/mol. The summed E-state index contributed by atoms with van der Waals surface area (Å²) in [5.41, 5.74) is 1.81. The number of benzene rings is 1. The average molecular weight is 301 g/mol. The highest BCUT2D eigenvalue weighted by Crippen LogP contribution is 2.33. The van der Waals surface area contributed by atoms with Crippen molar-refractivity contribution < 1.29 is 4.79 Å². The van der Waals surface area contributed by atoms with Gasteiger partial charge in [0.2, 0.25) is 0 Å². The van der Waals surface area contributed by atoms with Crippen LogP contribution in [0.25, 0.3) is 11.3 Å². The molecule has 2 aromatic rings. The molecule has 110 valence electrons. The molecule has 1 unspecified atom stereocenters. The van der Waals surface area contributed by atoms with Crippen LogP contribution in [0.2, 0.25) is 0 Å². The largest absolute Gasteiger partial charge is 0.343 e. The summed E-state index contributed by atoms with van der Waals surface area (Å²) < 4.78 is 0. The highest BCUT2D eigenvalue weighted by atomic mass is 32.1. The quantitative estimate of drug-likeness (QED) is 0.817. The molecule has 1 fully saturated rings. The van der Waals surface area contributed by atoms with Crippen LogP contribution < -0.4 is 4.90 Å². The van der Waals surface area contributed by atoms with E-state index in [2.05, 4.69) is 23.8 Å². The number of carbonyl (C=O) groups is 1. The third kappa shape index (κ3) is 2.84. The van der Waals surface area contributed by atoms with Crippen molar-refractivity contribution in [3.05, 3.63) is 35.2 Å². The Morgan fingerprint density at radius 3 is 2.71 bits per heavy atom. The number of anilines is 1. The molecular formula is C16H19N3OS. The van der Waals surface area contributed by atoms with Gasteiger partial charge < -0.3 is 9.80 Å². The van der Waals surface area contributed by atoms with Crippen molar-refractivity contribution >= 4 is 22.8 Å². The van der Waals surface area contributed by atoms with Crippen molar-refractivity contribution in [2.45, 2.75) is 13.0 Å². The van der Waals surface area contributed by atoms with E-state index < -0.39 is 0 Å². The molecule has 5 heteroatoms. The number of hydrogen-bond acceptors (Lipinski definition) is 5. The van der Waals surface area contributed by atoms with Gasteiger partial charge in [0.25, 0.3) is 0 Å². The number of likely N-dealkylation sites (N-methyl/N-ethyl adjacent to an activating group) is 1. The number of thiazole rings is 1. The van der Waals surface area contributed by atoms with E-state index in [-0.39, 0.29) is 0 Å². The number of nitrogens with zero attached hydrogens (tertiary/aromatic N) is 3. The number of aldehydes is 1. The maximum absolute atomic E-state index is 11.4. The average Bonchev–Trinajstić information content (AvgIpc) is 2.92. The molecule has 1 aromatic carbocycles. The van der Waals surface area contributed by atoms with Gasteiger partial charge in [0.1, 0.15) is 0 Å². The summed E-state index contributed by atoms with van der Waals surface area (Å²) in [7, 11) is 2.14. The van der Waals surface area contributed by atoms with Crippen molar-refractivity contribution in [3.8, 4) is 11.3 Å².